The second kappa shape index (κ2) is 7.16. The summed E-state index contributed by atoms with van der Waals surface area (Å²) in [7, 11) is 0. The zero-order valence-electron chi connectivity index (χ0n) is 12.5. The van der Waals surface area contributed by atoms with Crippen molar-refractivity contribution in [3.63, 3.8) is 0 Å². The molecule has 0 radical (unpaired) electrons. The molecule has 112 valence electrons. The Hall–Kier alpha value is -1.23. The molecule has 1 aromatic carbocycles. The molecular weight excluding hydrogens is 280 g/mol. The molecule has 0 spiro atoms. The lowest BCUT2D eigenvalue weighted by Crippen LogP contribution is -2.36. The van der Waals surface area contributed by atoms with Crippen LogP contribution in [0.4, 0.5) is 0 Å². The van der Waals surface area contributed by atoms with E-state index in [1.165, 1.54) is 24.1 Å². The van der Waals surface area contributed by atoms with Gasteiger partial charge in [0.2, 0.25) is 0 Å². The summed E-state index contributed by atoms with van der Waals surface area (Å²) >= 11 is 1.71. The molecule has 2 aromatic rings. The molecule has 0 N–H and O–H groups in total. The maximum atomic E-state index is 5.38. The summed E-state index contributed by atoms with van der Waals surface area (Å²) in [5.74, 6) is 0. The third kappa shape index (κ3) is 4.13. The second-order valence-corrected chi connectivity index (χ2v) is 6.57. The summed E-state index contributed by atoms with van der Waals surface area (Å²) in [6.07, 6.45) is 2.34. The Labute approximate surface area is 130 Å². The Bertz CT molecular complexity index is 576. The van der Waals surface area contributed by atoms with Gasteiger partial charge in [-0.2, -0.15) is 0 Å². The highest BCUT2D eigenvalue weighted by Crippen LogP contribution is 2.22. The van der Waals surface area contributed by atoms with Gasteiger partial charge in [-0.15, -0.1) is 11.3 Å². The van der Waals surface area contributed by atoms with Crippen LogP contribution in [-0.4, -0.2) is 42.7 Å². The number of hydrogen-bond acceptors (Lipinski definition) is 4. The molecule has 2 heterocycles. The number of ether oxygens (including phenoxy) is 1. The fourth-order valence-electron chi connectivity index (χ4n) is 2.71. The van der Waals surface area contributed by atoms with Crippen molar-refractivity contribution in [2.75, 3.05) is 32.8 Å². The van der Waals surface area contributed by atoms with Gasteiger partial charge in [0.15, 0.2) is 0 Å². The van der Waals surface area contributed by atoms with E-state index in [1.54, 1.807) is 11.3 Å². The maximum absolute atomic E-state index is 5.38. The summed E-state index contributed by atoms with van der Waals surface area (Å²) in [6, 6.07) is 8.81. The van der Waals surface area contributed by atoms with Crippen LogP contribution in [-0.2, 0) is 11.2 Å². The third-order valence-electron chi connectivity index (χ3n) is 3.89. The molecule has 1 saturated heterocycles. The zero-order chi connectivity index (χ0) is 14.5. The molecule has 1 fully saturated rings. The quantitative estimate of drug-likeness (QED) is 0.846. The first kappa shape index (κ1) is 14.7. The minimum absolute atomic E-state index is 0.888. The van der Waals surface area contributed by atoms with Crippen LogP contribution >= 0.6 is 11.3 Å². The van der Waals surface area contributed by atoms with Gasteiger partial charge < -0.3 is 4.74 Å². The van der Waals surface area contributed by atoms with Gasteiger partial charge in [-0.3, -0.25) is 4.90 Å². The van der Waals surface area contributed by atoms with Gasteiger partial charge in [-0.05, 0) is 37.9 Å². The van der Waals surface area contributed by atoms with E-state index in [-0.39, 0.29) is 0 Å². The monoisotopic (exact) mass is 302 g/mol. The van der Waals surface area contributed by atoms with Crippen LogP contribution in [0.25, 0.3) is 11.3 Å². The molecule has 0 atom stereocenters. The smallest absolute Gasteiger partial charge is 0.0901 e. The van der Waals surface area contributed by atoms with Crippen molar-refractivity contribution in [3.8, 4) is 11.3 Å². The molecule has 1 aromatic heterocycles. The Morgan fingerprint density at radius 2 is 2.14 bits per heavy atom. The number of hydrogen-bond donors (Lipinski definition) is 0. The number of aryl methyl sites for hydroxylation is 2. The largest absolute Gasteiger partial charge is 0.379 e. The van der Waals surface area contributed by atoms with E-state index in [1.807, 2.05) is 0 Å². The fraction of sp³-hybridized carbons (Fsp3) is 0.471. The molecule has 0 unspecified atom stereocenters. The molecule has 1 aliphatic heterocycles. The number of rotatable bonds is 5. The van der Waals surface area contributed by atoms with Gasteiger partial charge in [0.25, 0.3) is 0 Å². The molecule has 3 nitrogen and oxygen atoms in total. The standard InChI is InChI=1S/C17H22N2OS/c1-14-18-17(13-21-14)16-6-2-4-15(12-16)5-3-7-19-8-10-20-11-9-19/h2,4,6,12-13H,3,5,7-11H2,1H3. The van der Waals surface area contributed by atoms with Crippen molar-refractivity contribution < 1.29 is 4.74 Å². The minimum Gasteiger partial charge on any atom is -0.379 e. The van der Waals surface area contributed by atoms with E-state index in [2.05, 4.69) is 46.5 Å². The molecule has 3 rings (SSSR count). The van der Waals surface area contributed by atoms with Crippen LogP contribution in [0.2, 0.25) is 0 Å². The number of nitrogens with zero attached hydrogens (tertiary/aromatic N) is 2. The van der Waals surface area contributed by atoms with Crippen molar-refractivity contribution in [1.82, 2.24) is 9.88 Å². The van der Waals surface area contributed by atoms with Gasteiger partial charge >= 0.3 is 0 Å². The molecule has 0 saturated carbocycles. The number of thiazole rings is 1. The Morgan fingerprint density at radius 3 is 2.90 bits per heavy atom. The zero-order valence-corrected chi connectivity index (χ0v) is 13.4. The van der Waals surface area contributed by atoms with Crippen molar-refractivity contribution in [2.45, 2.75) is 19.8 Å². The van der Waals surface area contributed by atoms with Gasteiger partial charge in [0.1, 0.15) is 0 Å². The number of benzene rings is 1. The van der Waals surface area contributed by atoms with Crippen LogP contribution in [0.3, 0.4) is 0 Å². The first-order valence-corrected chi connectivity index (χ1v) is 8.51. The van der Waals surface area contributed by atoms with E-state index in [0.29, 0.717) is 0 Å². The second-order valence-electron chi connectivity index (χ2n) is 5.51. The maximum Gasteiger partial charge on any atom is 0.0901 e. The highest BCUT2D eigenvalue weighted by atomic mass is 32.1. The molecule has 0 aliphatic carbocycles. The SMILES string of the molecule is Cc1nc(-c2cccc(CCCN3CCOCC3)c2)cs1. The Morgan fingerprint density at radius 1 is 1.29 bits per heavy atom. The lowest BCUT2D eigenvalue weighted by atomic mass is 10.0. The lowest BCUT2D eigenvalue weighted by molar-refractivity contribution is 0.0375. The van der Waals surface area contributed by atoms with Crippen molar-refractivity contribution in [2.24, 2.45) is 0 Å². The lowest BCUT2D eigenvalue weighted by Gasteiger charge is -2.26. The summed E-state index contributed by atoms with van der Waals surface area (Å²) in [4.78, 5) is 7.07. The predicted molar refractivity (Wildman–Crippen MR) is 87.9 cm³/mol. The van der Waals surface area contributed by atoms with E-state index >= 15 is 0 Å². The summed E-state index contributed by atoms with van der Waals surface area (Å²) in [6.45, 7) is 7.16. The van der Waals surface area contributed by atoms with Gasteiger partial charge in [0, 0.05) is 24.0 Å². The topological polar surface area (TPSA) is 25.4 Å². The van der Waals surface area contributed by atoms with Crippen LogP contribution in [0.15, 0.2) is 29.6 Å². The summed E-state index contributed by atoms with van der Waals surface area (Å²) in [5, 5.41) is 3.27. The van der Waals surface area contributed by atoms with E-state index in [0.717, 1.165) is 43.4 Å². The van der Waals surface area contributed by atoms with Crippen LogP contribution < -0.4 is 0 Å². The fourth-order valence-corrected chi connectivity index (χ4v) is 3.34. The highest BCUT2D eigenvalue weighted by Gasteiger charge is 2.09. The summed E-state index contributed by atoms with van der Waals surface area (Å²) < 4.78 is 5.38. The molecule has 4 heteroatoms. The van der Waals surface area contributed by atoms with Crippen molar-refractivity contribution in [3.05, 3.63) is 40.2 Å². The van der Waals surface area contributed by atoms with Crippen LogP contribution in [0, 0.1) is 6.92 Å². The van der Waals surface area contributed by atoms with Gasteiger partial charge in [-0.1, -0.05) is 18.2 Å². The Kier molecular flexibility index (Phi) is 5.01. The average molecular weight is 302 g/mol. The predicted octanol–water partition coefficient (Wildman–Crippen LogP) is 3.38. The van der Waals surface area contributed by atoms with Crippen molar-refractivity contribution in [1.29, 1.82) is 0 Å². The molecule has 1 aliphatic rings. The highest BCUT2D eigenvalue weighted by molar-refractivity contribution is 7.09. The summed E-state index contributed by atoms with van der Waals surface area (Å²) in [5.41, 5.74) is 3.75. The average Bonchev–Trinajstić information content (AvgIpc) is 2.95. The molecule has 21 heavy (non-hydrogen) atoms. The first-order chi connectivity index (χ1) is 10.3. The molecular formula is C17H22N2OS. The van der Waals surface area contributed by atoms with E-state index in [9.17, 15) is 0 Å². The Balaban J connectivity index is 1.56. The number of morpholine rings is 1. The van der Waals surface area contributed by atoms with Crippen LogP contribution in [0.1, 0.15) is 17.0 Å². The normalized spacial score (nSPS) is 16.2. The van der Waals surface area contributed by atoms with Crippen LogP contribution in [0.5, 0.6) is 0 Å². The van der Waals surface area contributed by atoms with Crippen molar-refractivity contribution >= 4 is 11.3 Å². The van der Waals surface area contributed by atoms with Gasteiger partial charge in [0.05, 0.1) is 23.9 Å². The molecule has 0 amide bonds. The van der Waals surface area contributed by atoms with Gasteiger partial charge in [-0.25, -0.2) is 4.98 Å². The number of aromatic nitrogens is 1. The third-order valence-corrected chi connectivity index (χ3v) is 4.66. The first-order valence-electron chi connectivity index (χ1n) is 7.63. The van der Waals surface area contributed by atoms with E-state index < -0.39 is 0 Å². The van der Waals surface area contributed by atoms with E-state index in [4.69, 9.17) is 4.74 Å². The molecule has 0 bridgehead atoms. The minimum atomic E-state index is 0.888.